The van der Waals surface area contributed by atoms with Crippen molar-refractivity contribution in [1.29, 1.82) is 0 Å². The van der Waals surface area contributed by atoms with Crippen molar-refractivity contribution in [2.45, 2.75) is 39.5 Å². The van der Waals surface area contributed by atoms with Crippen molar-refractivity contribution in [2.75, 3.05) is 19.4 Å². The van der Waals surface area contributed by atoms with Gasteiger partial charge in [-0.25, -0.2) is 0 Å². The summed E-state index contributed by atoms with van der Waals surface area (Å²) in [5.74, 6) is 0. The topological polar surface area (TPSA) is 18.5 Å². The maximum Gasteiger partial charge on any atom is 0.192 e. The standard InChI is InChI=1S/C11H23O2PS/c1-4-7-9-12-14(15,11-6-3)13-10-8-5-2/h6H,3-5,7-11H2,1-2H3. The van der Waals surface area contributed by atoms with Gasteiger partial charge in [0.25, 0.3) is 0 Å². The first-order valence-electron chi connectivity index (χ1n) is 5.67. The normalized spacial score (nSPS) is 11.6. The lowest BCUT2D eigenvalue weighted by molar-refractivity contribution is 0.242. The van der Waals surface area contributed by atoms with Crippen LogP contribution in [0.2, 0.25) is 0 Å². The molecule has 0 saturated heterocycles. The van der Waals surface area contributed by atoms with Gasteiger partial charge in [0.05, 0.1) is 13.2 Å². The average Bonchev–Trinajstić information content (AvgIpc) is 2.19. The Morgan fingerprint density at radius 3 is 1.93 bits per heavy atom. The monoisotopic (exact) mass is 250 g/mol. The zero-order chi connectivity index (χ0) is 11.6. The molecule has 0 aromatic carbocycles. The van der Waals surface area contributed by atoms with E-state index in [4.69, 9.17) is 20.9 Å². The minimum absolute atomic E-state index is 0.676. The number of unbranched alkanes of at least 4 members (excludes halogenated alkanes) is 2. The summed E-state index contributed by atoms with van der Waals surface area (Å²) in [4.78, 5) is 0. The van der Waals surface area contributed by atoms with Crippen LogP contribution in [0.1, 0.15) is 39.5 Å². The lowest BCUT2D eigenvalue weighted by Gasteiger charge is -2.20. The van der Waals surface area contributed by atoms with Crippen molar-refractivity contribution in [3.8, 4) is 0 Å². The summed E-state index contributed by atoms with van der Waals surface area (Å²) in [5.41, 5.74) is 0. The van der Waals surface area contributed by atoms with E-state index in [0.29, 0.717) is 19.4 Å². The molecule has 0 aromatic heterocycles. The Hall–Kier alpha value is 0.310. The molecule has 15 heavy (non-hydrogen) atoms. The van der Waals surface area contributed by atoms with E-state index < -0.39 is 6.49 Å². The Labute approximate surface area is 99.2 Å². The first-order chi connectivity index (χ1) is 7.18. The highest BCUT2D eigenvalue weighted by Gasteiger charge is 2.16. The van der Waals surface area contributed by atoms with E-state index in [0.717, 1.165) is 25.7 Å². The lowest BCUT2D eigenvalue weighted by atomic mass is 10.4. The molecule has 0 spiro atoms. The van der Waals surface area contributed by atoms with Crippen molar-refractivity contribution >= 4 is 18.3 Å². The van der Waals surface area contributed by atoms with E-state index in [1.165, 1.54) is 0 Å². The van der Waals surface area contributed by atoms with E-state index in [1.54, 1.807) is 6.08 Å². The minimum Gasteiger partial charge on any atom is -0.329 e. The van der Waals surface area contributed by atoms with Gasteiger partial charge in [-0.3, -0.25) is 0 Å². The minimum atomic E-state index is -2.06. The predicted molar refractivity (Wildman–Crippen MR) is 71.1 cm³/mol. The Bertz CT molecular complexity index is 193. The molecule has 0 rings (SSSR count). The molecule has 2 nitrogen and oxygen atoms in total. The van der Waals surface area contributed by atoms with E-state index in [1.807, 2.05) is 0 Å². The quantitative estimate of drug-likeness (QED) is 0.330. The fourth-order valence-electron chi connectivity index (χ4n) is 0.997. The van der Waals surface area contributed by atoms with Crippen LogP contribution in [0.5, 0.6) is 0 Å². The third-order valence-corrected chi connectivity index (χ3v) is 4.86. The molecule has 0 radical (unpaired) electrons. The molecule has 90 valence electrons. The van der Waals surface area contributed by atoms with E-state index in [-0.39, 0.29) is 0 Å². The number of rotatable bonds is 10. The van der Waals surface area contributed by atoms with Gasteiger partial charge in [0.1, 0.15) is 0 Å². The second kappa shape index (κ2) is 9.53. The van der Waals surface area contributed by atoms with Gasteiger partial charge >= 0.3 is 0 Å². The molecule has 0 aliphatic rings. The Morgan fingerprint density at radius 1 is 1.13 bits per heavy atom. The smallest absolute Gasteiger partial charge is 0.192 e. The van der Waals surface area contributed by atoms with Crippen molar-refractivity contribution in [1.82, 2.24) is 0 Å². The molecular weight excluding hydrogens is 227 g/mol. The van der Waals surface area contributed by atoms with Gasteiger partial charge in [0, 0.05) is 6.16 Å². The third kappa shape index (κ3) is 8.15. The molecule has 0 amide bonds. The highest BCUT2D eigenvalue weighted by molar-refractivity contribution is 8.10. The fraction of sp³-hybridized carbons (Fsp3) is 0.818. The molecule has 0 atom stereocenters. The summed E-state index contributed by atoms with van der Waals surface area (Å²) in [7, 11) is 0. The summed E-state index contributed by atoms with van der Waals surface area (Å²) in [6.45, 7) is 7.35. The highest BCUT2D eigenvalue weighted by atomic mass is 32.5. The van der Waals surface area contributed by atoms with Gasteiger partial charge in [0.15, 0.2) is 6.49 Å². The van der Waals surface area contributed by atoms with Crippen LogP contribution in [0.4, 0.5) is 0 Å². The van der Waals surface area contributed by atoms with Crippen molar-refractivity contribution in [3.05, 3.63) is 12.7 Å². The molecule has 0 bridgehead atoms. The van der Waals surface area contributed by atoms with Crippen LogP contribution in [-0.4, -0.2) is 19.4 Å². The molecule has 0 saturated carbocycles. The molecule has 0 N–H and O–H groups in total. The van der Waals surface area contributed by atoms with Crippen molar-refractivity contribution in [3.63, 3.8) is 0 Å². The first-order valence-corrected chi connectivity index (χ1v) is 8.50. The zero-order valence-corrected chi connectivity index (χ0v) is 11.6. The van der Waals surface area contributed by atoms with Gasteiger partial charge in [0.2, 0.25) is 0 Å². The van der Waals surface area contributed by atoms with Crippen LogP contribution in [0.15, 0.2) is 12.7 Å². The second-order valence-electron chi connectivity index (χ2n) is 3.46. The van der Waals surface area contributed by atoms with Gasteiger partial charge in [-0.2, -0.15) is 0 Å². The number of allylic oxidation sites excluding steroid dienone is 1. The molecule has 0 aliphatic carbocycles. The van der Waals surface area contributed by atoms with Gasteiger partial charge in [-0.15, -0.1) is 6.58 Å². The number of hydrogen-bond acceptors (Lipinski definition) is 3. The summed E-state index contributed by atoms with van der Waals surface area (Å²) in [6, 6.07) is 0. The van der Waals surface area contributed by atoms with Crippen LogP contribution in [0.3, 0.4) is 0 Å². The lowest BCUT2D eigenvalue weighted by Crippen LogP contribution is -2.01. The Balaban J connectivity index is 3.94. The summed E-state index contributed by atoms with van der Waals surface area (Å²) < 4.78 is 11.4. The molecule has 0 aliphatic heterocycles. The van der Waals surface area contributed by atoms with E-state index >= 15 is 0 Å². The molecule has 0 heterocycles. The van der Waals surface area contributed by atoms with Gasteiger partial charge in [-0.05, 0) is 24.6 Å². The van der Waals surface area contributed by atoms with E-state index in [9.17, 15) is 0 Å². The van der Waals surface area contributed by atoms with Crippen LogP contribution in [0.25, 0.3) is 0 Å². The maximum absolute atomic E-state index is 5.69. The van der Waals surface area contributed by atoms with Crippen LogP contribution in [0, 0.1) is 0 Å². The number of hydrogen-bond donors (Lipinski definition) is 0. The summed E-state index contributed by atoms with van der Waals surface area (Å²) >= 11 is 5.42. The van der Waals surface area contributed by atoms with Crippen LogP contribution < -0.4 is 0 Å². The largest absolute Gasteiger partial charge is 0.329 e. The Morgan fingerprint density at radius 2 is 1.60 bits per heavy atom. The zero-order valence-electron chi connectivity index (χ0n) is 9.91. The molecular formula is C11H23O2PS. The second-order valence-corrected chi connectivity index (χ2v) is 7.23. The van der Waals surface area contributed by atoms with Crippen LogP contribution >= 0.6 is 6.49 Å². The molecule has 0 unspecified atom stereocenters. The van der Waals surface area contributed by atoms with Gasteiger partial charge < -0.3 is 9.05 Å². The third-order valence-electron chi connectivity index (χ3n) is 1.92. The first kappa shape index (κ1) is 15.3. The van der Waals surface area contributed by atoms with Crippen molar-refractivity contribution in [2.24, 2.45) is 0 Å². The fourth-order valence-corrected chi connectivity index (χ4v) is 3.18. The molecule has 0 fully saturated rings. The SMILES string of the molecule is C=CCP(=S)(OCCCC)OCCCC. The summed E-state index contributed by atoms with van der Waals surface area (Å²) in [6.07, 6.45) is 6.82. The summed E-state index contributed by atoms with van der Waals surface area (Å²) in [5, 5.41) is 0. The molecule has 0 aromatic rings. The van der Waals surface area contributed by atoms with E-state index in [2.05, 4.69) is 20.4 Å². The highest BCUT2D eigenvalue weighted by Crippen LogP contribution is 2.48. The predicted octanol–water partition coefficient (Wildman–Crippen LogP) is 4.12. The van der Waals surface area contributed by atoms with Gasteiger partial charge in [-0.1, -0.05) is 32.8 Å². The van der Waals surface area contributed by atoms with Crippen molar-refractivity contribution < 1.29 is 9.05 Å². The van der Waals surface area contributed by atoms with Crippen LogP contribution in [-0.2, 0) is 20.9 Å². The maximum atomic E-state index is 5.69. The average molecular weight is 250 g/mol. The Kier molecular flexibility index (Phi) is 9.73. The molecule has 4 heteroatoms.